The van der Waals surface area contributed by atoms with Crippen molar-refractivity contribution in [3.05, 3.63) is 0 Å². The molecule has 0 saturated carbocycles. The first-order valence-corrected chi connectivity index (χ1v) is 9.73. The zero-order valence-corrected chi connectivity index (χ0v) is 15.9. The summed E-state index contributed by atoms with van der Waals surface area (Å²) in [7, 11) is 0. The van der Waals surface area contributed by atoms with E-state index in [1.165, 1.54) is 19.3 Å². The van der Waals surface area contributed by atoms with E-state index >= 15 is 0 Å². The van der Waals surface area contributed by atoms with Gasteiger partial charge in [-0.25, -0.2) is 4.79 Å². The number of carbonyl (C=O) groups excluding carboxylic acids is 1. The van der Waals surface area contributed by atoms with E-state index in [9.17, 15) is 4.79 Å². The van der Waals surface area contributed by atoms with E-state index in [0.29, 0.717) is 6.61 Å². The summed E-state index contributed by atoms with van der Waals surface area (Å²) >= 11 is 0. The Balaban J connectivity index is 3.91. The van der Waals surface area contributed by atoms with Crippen molar-refractivity contribution in [2.45, 2.75) is 91.6 Å². The quantitative estimate of drug-likeness (QED) is 0.298. The van der Waals surface area contributed by atoms with Gasteiger partial charge in [0.1, 0.15) is 6.10 Å². The van der Waals surface area contributed by atoms with E-state index in [4.69, 9.17) is 9.47 Å². The van der Waals surface area contributed by atoms with Crippen LogP contribution in [0.25, 0.3) is 0 Å². The van der Waals surface area contributed by atoms with E-state index in [-0.39, 0.29) is 6.10 Å². The molecule has 0 bridgehead atoms. The van der Waals surface area contributed by atoms with Crippen LogP contribution in [0, 0.1) is 0 Å². The summed E-state index contributed by atoms with van der Waals surface area (Å²) in [6.45, 7) is 12.2. The Kier molecular flexibility index (Phi) is 15.6. The van der Waals surface area contributed by atoms with E-state index in [1.54, 1.807) is 0 Å². The molecule has 1 unspecified atom stereocenters. The van der Waals surface area contributed by atoms with Gasteiger partial charge in [0, 0.05) is 6.54 Å². The lowest BCUT2D eigenvalue weighted by Gasteiger charge is -2.19. The molecule has 0 heterocycles. The van der Waals surface area contributed by atoms with Gasteiger partial charge in [-0.1, -0.05) is 59.8 Å². The van der Waals surface area contributed by atoms with Crippen LogP contribution in [0.5, 0.6) is 0 Å². The van der Waals surface area contributed by atoms with Crippen LogP contribution in [0.3, 0.4) is 0 Å². The molecule has 0 aromatic carbocycles. The molecule has 0 spiro atoms. The van der Waals surface area contributed by atoms with Crippen molar-refractivity contribution in [3.63, 3.8) is 0 Å². The van der Waals surface area contributed by atoms with Crippen molar-refractivity contribution in [2.75, 3.05) is 26.2 Å². The molecule has 4 heteroatoms. The van der Waals surface area contributed by atoms with Gasteiger partial charge in [0.15, 0.2) is 0 Å². The summed E-state index contributed by atoms with van der Waals surface area (Å²) in [6, 6.07) is 0. The standard InChI is InChI=1S/C19H39NO3/c1-5-9-11-12-15-18(14-10-6-2)23-19(21)22-17-13-16-20(7-3)8-4/h18H,5-17H2,1-4H3. The van der Waals surface area contributed by atoms with Crippen LogP contribution in [0.15, 0.2) is 0 Å². The van der Waals surface area contributed by atoms with E-state index in [2.05, 4.69) is 32.6 Å². The summed E-state index contributed by atoms with van der Waals surface area (Å²) < 4.78 is 10.7. The minimum atomic E-state index is -0.485. The molecule has 0 N–H and O–H groups in total. The fourth-order valence-corrected chi connectivity index (χ4v) is 2.65. The van der Waals surface area contributed by atoms with Crippen molar-refractivity contribution in [2.24, 2.45) is 0 Å². The number of hydrogen-bond donors (Lipinski definition) is 0. The molecule has 0 aromatic heterocycles. The first-order valence-electron chi connectivity index (χ1n) is 9.73. The highest BCUT2D eigenvalue weighted by Gasteiger charge is 2.15. The molecular weight excluding hydrogens is 290 g/mol. The highest BCUT2D eigenvalue weighted by Crippen LogP contribution is 2.15. The number of rotatable bonds is 15. The predicted octanol–water partition coefficient (Wildman–Crippen LogP) is 5.40. The SMILES string of the molecule is CCCCCCC(CCCC)OC(=O)OCCCN(CC)CC. The Labute approximate surface area is 143 Å². The topological polar surface area (TPSA) is 38.8 Å². The Morgan fingerprint density at radius 1 is 0.870 bits per heavy atom. The van der Waals surface area contributed by atoms with Crippen LogP contribution >= 0.6 is 0 Å². The molecule has 0 aliphatic rings. The third kappa shape index (κ3) is 13.4. The van der Waals surface area contributed by atoms with Gasteiger partial charge >= 0.3 is 6.16 Å². The van der Waals surface area contributed by atoms with Gasteiger partial charge in [-0.2, -0.15) is 0 Å². The van der Waals surface area contributed by atoms with Crippen LogP contribution in [0.2, 0.25) is 0 Å². The fraction of sp³-hybridized carbons (Fsp3) is 0.947. The maximum absolute atomic E-state index is 11.8. The second-order valence-electron chi connectivity index (χ2n) is 6.21. The third-order valence-electron chi connectivity index (χ3n) is 4.26. The summed E-state index contributed by atoms with van der Waals surface area (Å²) in [5.74, 6) is 0. The van der Waals surface area contributed by atoms with Crippen molar-refractivity contribution in [1.29, 1.82) is 0 Å². The molecule has 138 valence electrons. The van der Waals surface area contributed by atoms with Gasteiger partial charge in [-0.05, 0) is 38.8 Å². The second kappa shape index (κ2) is 16.1. The Morgan fingerprint density at radius 3 is 2.13 bits per heavy atom. The molecule has 0 rings (SSSR count). The van der Waals surface area contributed by atoms with Gasteiger partial charge in [-0.15, -0.1) is 0 Å². The Morgan fingerprint density at radius 2 is 1.52 bits per heavy atom. The van der Waals surface area contributed by atoms with Gasteiger partial charge < -0.3 is 14.4 Å². The monoisotopic (exact) mass is 329 g/mol. The van der Waals surface area contributed by atoms with E-state index < -0.39 is 6.16 Å². The minimum Gasteiger partial charge on any atom is -0.434 e. The normalized spacial score (nSPS) is 12.4. The van der Waals surface area contributed by atoms with Crippen LogP contribution in [0.4, 0.5) is 4.79 Å². The Bertz CT molecular complexity index is 267. The van der Waals surface area contributed by atoms with Crippen LogP contribution in [-0.2, 0) is 9.47 Å². The molecule has 0 radical (unpaired) electrons. The molecular formula is C19H39NO3. The molecule has 0 fully saturated rings. The lowest BCUT2D eigenvalue weighted by atomic mass is 10.0. The summed E-state index contributed by atoms with van der Waals surface area (Å²) in [6.07, 6.45) is 9.42. The average molecular weight is 330 g/mol. The molecule has 0 aliphatic carbocycles. The number of hydrogen-bond acceptors (Lipinski definition) is 4. The zero-order valence-electron chi connectivity index (χ0n) is 15.9. The molecule has 0 amide bonds. The molecule has 4 nitrogen and oxygen atoms in total. The third-order valence-corrected chi connectivity index (χ3v) is 4.26. The molecule has 1 atom stereocenters. The van der Waals surface area contributed by atoms with Crippen molar-refractivity contribution in [1.82, 2.24) is 4.90 Å². The Hall–Kier alpha value is -0.770. The second-order valence-corrected chi connectivity index (χ2v) is 6.21. The minimum absolute atomic E-state index is 0.0297. The number of nitrogens with zero attached hydrogens (tertiary/aromatic N) is 1. The van der Waals surface area contributed by atoms with Crippen LogP contribution in [0.1, 0.15) is 85.5 Å². The predicted molar refractivity (Wildman–Crippen MR) is 96.9 cm³/mol. The van der Waals surface area contributed by atoms with Crippen LogP contribution < -0.4 is 0 Å². The maximum Gasteiger partial charge on any atom is 0.508 e. The number of ether oxygens (including phenoxy) is 2. The number of carbonyl (C=O) groups is 1. The van der Waals surface area contributed by atoms with Crippen LogP contribution in [-0.4, -0.2) is 43.4 Å². The number of unbranched alkanes of at least 4 members (excludes halogenated alkanes) is 4. The first kappa shape index (κ1) is 22.2. The summed E-state index contributed by atoms with van der Waals surface area (Å²) in [5, 5.41) is 0. The van der Waals surface area contributed by atoms with Crippen molar-refractivity contribution < 1.29 is 14.3 Å². The highest BCUT2D eigenvalue weighted by atomic mass is 16.7. The molecule has 0 aliphatic heterocycles. The van der Waals surface area contributed by atoms with Gasteiger partial charge in [0.2, 0.25) is 0 Å². The average Bonchev–Trinajstić information content (AvgIpc) is 2.56. The van der Waals surface area contributed by atoms with Crippen molar-refractivity contribution in [3.8, 4) is 0 Å². The van der Waals surface area contributed by atoms with Gasteiger partial charge in [0.05, 0.1) is 6.61 Å². The van der Waals surface area contributed by atoms with Gasteiger partial charge in [0.25, 0.3) is 0 Å². The molecule has 0 aromatic rings. The van der Waals surface area contributed by atoms with Gasteiger partial charge in [-0.3, -0.25) is 0 Å². The first-order chi connectivity index (χ1) is 11.2. The zero-order chi connectivity index (χ0) is 17.3. The maximum atomic E-state index is 11.8. The highest BCUT2D eigenvalue weighted by molar-refractivity contribution is 5.60. The molecule has 0 saturated heterocycles. The fourth-order valence-electron chi connectivity index (χ4n) is 2.65. The lowest BCUT2D eigenvalue weighted by molar-refractivity contribution is 0.0148. The van der Waals surface area contributed by atoms with E-state index in [1.807, 2.05) is 0 Å². The largest absolute Gasteiger partial charge is 0.508 e. The molecule has 23 heavy (non-hydrogen) atoms. The summed E-state index contributed by atoms with van der Waals surface area (Å²) in [5.41, 5.74) is 0. The van der Waals surface area contributed by atoms with E-state index in [0.717, 1.165) is 58.2 Å². The smallest absolute Gasteiger partial charge is 0.434 e. The van der Waals surface area contributed by atoms with Crippen molar-refractivity contribution >= 4 is 6.16 Å². The lowest BCUT2D eigenvalue weighted by Crippen LogP contribution is -2.25. The summed E-state index contributed by atoms with van der Waals surface area (Å²) in [4.78, 5) is 14.2.